The molecule has 0 aromatic heterocycles. The summed E-state index contributed by atoms with van der Waals surface area (Å²) < 4.78 is 0. The molecule has 1 fully saturated rings. The topological polar surface area (TPSA) is 61.4 Å². The first-order valence-corrected chi connectivity index (χ1v) is 6.45. The average molecular weight is 248 g/mol. The van der Waals surface area contributed by atoms with Crippen LogP contribution < -0.4 is 10.6 Å². The zero-order valence-electron chi connectivity index (χ0n) is 10.6. The number of anilines is 1. The lowest BCUT2D eigenvalue weighted by Gasteiger charge is -2.28. The number of rotatable bonds is 3. The van der Waals surface area contributed by atoms with Crippen LogP contribution >= 0.6 is 0 Å². The van der Waals surface area contributed by atoms with E-state index < -0.39 is 0 Å². The van der Waals surface area contributed by atoms with Crippen molar-refractivity contribution in [1.82, 2.24) is 5.32 Å². The van der Waals surface area contributed by atoms with Gasteiger partial charge in [0, 0.05) is 5.69 Å². The fourth-order valence-electron chi connectivity index (χ4n) is 2.31. The molecule has 1 aliphatic heterocycles. The molecule has 1 aromatic rings. The molecule has 3 N–H and O–H groups in total. The van der Waals surface area contributed by atoms with E-state index in [-0.39, 0.29) is 18.6 Å². The van der Waals surface area contributed by atoms with Crippen LogP contribution in [0.2, 0.25) is 0 Å². The summed E-state index contributed by atoms with van der Waals surface area (Å²) in [6, 6.07) is 7.16. The maximum Gasteiger partial charge on any atom is 0.241 e. The molecule has 18 heavy (non-hydrogen) atoms. The van der Waals surface area contributed by atoms with E-state index in [1.165, 1.54) is 0 Å². The lowest BCUT2D eigenvalue weighted by atomic mass is 9.92. The Hall–Kier alpha value is -1.39. The zero-order chi connectivity index (χ0) is 13.0. The van der Waals surface area contributed by atoms with Gasteiger partial charge in [0.25, 0.3) is 0 Å². The van der Waals surface area contributed by atoms with E-state index >= 15 is 0 Å². The largest absolute Gasteiger partial charge is 0.392 e. The summed E-state index contributed by atoms with van der Waals surface area (Å²) in [6.45, 7) is 3.03. The third kappa shape index (κ3) is 3.09. The van der Waals surface area contributed by atoms with Gasteiger partial charge in [-0.3, -0.25) is 4.79 Å². The first-order valence-electron chi connectivity index (χ1n) is 6.45. The molecule has 1 amide bonds. The predicted octanol–water partition coefficient (Wildman–Crippen LogP) is 1.51. The molecular weight excluding hydrogens is 228 g/mol. The molecule has 1 aromatic carbocycles. The van der Waals surface area contributed by atoms with E-state index in [4.69, 9.17) is 5.11 Å². The molecule has 0 bridgehead atoms. The van der Waals surface area contributed by atoms with Crippen LogP contribution in [0.3, 0.4) is 0 Å². The second kappa shape index (κ2) is 5.98. The fourth-order valence-corrected chi connectivity index (χ4v) is 2.31. The SMILES string of the molecule is CC1CCCNC1C(=O)Nc1ccc(CO)cc1. The Morgan fingerprint density at radius 1 is 1.44 bits per heavy atom. The van der Waals surface area contributed by atoms with Crippen LogP contribution in [0.5, 0.6) is 0 Å². The number of amides is 1. The summed E-state index contributed by atoms with van der Waals surface area (Å²) in [5.74, 6) is 0.398. The molecule has 2 rings (SSSR count). The normalized spacial score (nSPS) is 23.7. The molecule has 0 spiro atoms. The Bertz CT molecular complexity index is 403. The molecule has 4 heteroatoms. The minimum atomic E-state index is -0.101. The van der Waals surface area contributed by atoms with Crippen molar-refractivity contribution < 1.29 is 9.90 Å². The van der Waals surface area contributed by atoms with Crippen molar-refractivity contribution in [2.45, 2.75) is 32.4 Å². The number of piperidine rings is 1. The number of aliphatic hydroxyl groups excluding tert-OH is 1. The molecule has 2 unspecified atom stereocenters. The number of carbonyl (C=O) groups is 1. The number of aliphatic hydroxyl groups is 1. The van der Waals surface area contributed by atoms with Crippen molar-refractivity contribution >= 4 is 11.6 Å². The molecule has 0 radical (unpaired) electrons. The van der Waals surface area contributed by atoms with Gasteiger partial charge >= 0.3 is 0 Å². The molecule has 1 saturated heterocycles. The van der Waals surface area contributed by atoms with Gasteiger partial charge < -0.3 is 15.7 Å². The molecule has 98 valence electrons. The summed E-state index contributed by atoms with van der Waals surface area (Å²) in [7, 11) is 0. The monoisotopic (exact) mass is 248 g/mol. The third-order valence-corrected chi connectivity index (χ3v) is 3.46. The van der Waals surface area contributed by atoms with Crippen LogP contribution in [0.15, 0.2) is 24.3 Å². The maximum absolute atomic E-state index is 12.1. The van der Waals surface area contributed by atoms with Gasteiger partial charge in [-0.1, -0.05) is 19.1 Å². The number of carbonyl (C=O) groups excluding carboxylic acids is 1. The van der Waals surface area contributed by atoms with Crippen LogP contribution in [0, 0.1) is 5.92 Å². The molecule has 4 nitrogen and oxygen atoms in total. The van der Waals surface area contributed by atoms with Gasteiger partial charge in [0.15, 0.2) is 0 Å². The van der Waals surface area contributed by atoms with Crippen molar-refractivity contribution in [3.8, 4) is 0 Å². The maximum atomic E-state index is 12.1. The van der Waals surface area contributed by atoms with Gasteiger partial charge in [-0.15, -0.1) is 0 Å². The van der Waals surface area contributed by atoms with E-state index in [1.54, 1.807) is 0 Å². The lowest BCUT2D eigenvalue weighted by molar-refractivity contribution is -0.119. The van der Waals surface area contributed by atoms with Crippen LogP contribution in [-0.2, 0) is 11.4 Å². The van der Waals surface area contributed by atoms with E-state index in [0.29, 0.717) is 5.92 Å². The molecule has 0 aliphatic carbocycles. The highest BCUT2D eigenvalue weighted by molar-refractivity contribution is 5.95. The predicted molar refractivity (Wildman–Crippen MR) is 71.2 cm³/mol. The van der Waals surface area contributed by atoms with Crippen LogP contribution in [-0.4, -0.2) is 23.6 Å². The van der Waals surface area contributed by atoms with Crippen molar-refractivity contribution in [3.63, 3.8) is 0 Å². The Balaban J connectivity index is 1.97. The summed E-state index contributed by atoms with van der Waals surface area (Å²) in [5, 5.41) is 15.1. The standard InChI is InChI=1S/C14H20N2O2/c1-10-3-2-8-15-13(10)14(18)16-12-6-4-11(9-17)5-7-12/h4-7,10,13,15,17H,2-3,8-9H2,1H3,(H,16,18). The van der Waals surface area contributed by atoms with Gasteiger partial charge in [0.1, 0.15) is 0 Å². The van der Waals surface area contributed by atoms with Crippen LogP contribution in [0.4, 0.5) is 5.69 Å². The number of benzene rings is 1. The molecule has 2 atom stereocenters. The van der Waals surface area contributed by atoms with E-state index in [9.17, 15) is 4.79 Å². The average Bonchev–Trinajstić information content (AvgIpc) is 2.40. The molecular formula is C14H20N2O2. The number of nitrogens with one attached hydrogen (secondary N) is 2. The minimum absolute atomic E-state index is 0.0233. The van der Waals surface area contributed by atoms with E-state index in [1.807, 2.05) is 24.3 Å². The second-order valence-electron chi connectivity index (χ2n) is 4.90. The smallest absolute Gasteiger partial charge is 0.241 e. The van der Waals surface area contributed by atoms with Crippen molar-refractivity contribution in [1.29, 1.82) is 0 Å². The molecule has 1 heterocycles. The first kappa shape index (κ1) is 13.1. The fraction of sp³-hybridized carbons (Fsp3) is 0.500. The zero-order valence-corrected chi connectivity index (χ0v) is 10.6. The summed E-state index contributed by atoms with van der Waals surface area (Å²) in [4.78, 5) is 12.1. The minimum Gasteiger partial charge on any atom is -0.392 e. The third-order valence-electron chi connectivity index (χ3n) is 3.46. The highest BCUT2D eigenvalue weighted by atomic mass is 16.3. The van der Waals surface area contributed by atoms with Gasteiger partial charge in [-0.2, -0.15) is 0 Å². The van der Waals surface area contributed by atoms with Crippen molar-refractivity contribution in [2.24, 2.45) is 5.92 Å². The Labute approximate surface area is 107 Å². The Morgan fingerprint density at radius 2 is 2.17 bits per heavy atom. The van der Waals surface area contributed by atoms with E-state index in [0.717, 1.165) is 30.6 Å². The van der Waals surface area contributed by atoms with Crippen molar-refractivity contribution in [2.75, 3.05) is 11.9 Å². The highest BCUT2D eigenvalue weighted by Gasteiger charge is 2.27. The van der Waals surface area contributed by atoms with Gasteiger partial charge in [-0.25, -0.2) is 0 Å². The number of hydrogen-bond donors (Lipinski definition) is 3. The highest BCUT2D eigenvalue weighted by Crippen LogP contribution is 2.17. The van der Waals surface area contributed by atoms with Gasteiger partial charge in [0.05, 0.1) is 12.6 Å². The van der Waals surface area contributed by atoms with Gasteiger partial charge in [-0.05, 0) is 43.0 Å². The molecule has 1 aliphatic rings. The quantitative estimate of drug-likeness (QED) is 0.759. The Kier molecular flexibility index (Phi) is 4.33. The molecule has 0 saturated carbocycles. The lowest BCUT2D eigenvalue weighted by Crippen LogP contribution is -2.48. The van der Waals surface area contributed by atoms with Crippen LogP contribution in [0.25, 0.3) is 0 Å². The number of hydrogen-bond acceptors (Lipinski definition) is 3. The van der Waals surface area contributed by atoms with Crippen LogP contribution in [0.1, 0.15) is 25.3 Å². The Morgan fingerprint density at radius 3 is 2.78 bits per heavy atom. The first-order chi connectivity index (χ1) is 8.70. The second-order valence-corrected chi connectivity index (χ2v) is 4.90. The summed E-state index contributed by atoms with van der Waals surface area (Å²) >= 11 is 0. The van der Waals surface area contributed by atoms with E-state index in [2.05, 4.69) is 17.6 Å². The summed E-state index contributed by atoms with van der Waals surface area (Å²) in [5.41, 5.74) is 1.62. The van der Waals surface area contributed by atoms with Gasteiger partial charge in [0.2, 0.25) is 5.91 Å². The summed E-state index contributed by atoms with van der Waals surface area (Å²) in [6.07, 6.45) is 2.23. The van der Waals surface area contributed by atoms with Crippen molar-refractivity contribution in [3.05, 3.63) is 29.8 Å².